The molecule has 1 aliphatic rings. The predicted octanol–water partition coefficient (Wildman–Crippen LogP) is 3.22. The minimum Gasteiger partial charge on any atom is -0.368 e. The summed E-state index contributed by atoms with van der Waals surface area (Å²) < 4.78 is 5.59. The third-order valence-electron chi connectivity index (χ3n) is 3.41. The lowest BCUT2D eigenvalue weighted by atomic mass is 10.0. The average Bonchev–Trinajstić information content (AvgIpc) is 2.43. The fraction of sp³-hybridized carbons (Fsp3) is 0.533. The van der Waals surface area contributed by atoms with Crippen molar-refractivity contribution in [1.29, 1.82) is 0 Å². The fourth-order valence-corrected chi connectivity index (χ4v) is 2.70. The maximum absolute atomic E-state index is 12.3. The Kier molecular flexibility index (Phi) is 5.85. The number of benzene rings is 1. The first-order valence-corrected chi connectivity index (χ1v) is 7.66. The molecule has 1 unspecified atom stereocenters. The van der Waals surface area contributed by atoms with E-state index in [1.165, 1.54) is 0 Å². The zero-order chi connectivity index (χ0) is 14.5. The first-order chi connectivity index (χ1) is 9.60. The van der Waals surface area contributed by atoms with Gasteiger partial charge in [-0.25, -0.2) is 0 Å². The van der Waals surface area contributed by atoms with Gasteiger partial charge in [0.25, 0.3) is 0 Å². The largest absolute Gasteiger partial charge is 0.368 e. The van der Waals surface area contributed by atoms with E-state index in [1.807, 2.05) is 6.07 Å². The van der Waals surface area contributed by atoms with Gasteiger partial charge in [-0.1, -0.05) is 36.2 Å². The number of hydrogen-bond donors (Lipinski definition) is 0. The summed E-state index contributed by atoms with van der Waals surface area (Å²) in [5, 5.41) is 0.986. The molecule has 1 saturated heterocycles. The minimum atomic E-state index is -0.329. The van der Waals surface area contributed by atoms with Gasteiger partial charge in [0.05, 0.1) is 16.7 Å². The third-order valence-corrected chi connectivity index (χ3v) is 4.15. The van der Waals surface area contributed by atoms with Crippen molar-refractivity contribution in [1.82, 2.24) is 4.90 Å². The highest BCUT2D eigenvalue weighted by atomic mass is 35.5. The molecule has 1 aliphatic heterocycles. The van der Waals surface area contributed by atoms with Crippen LogP contribution in [-0.4, -0.2) is 43.0 Å². The second kappa shape index (κ2) is 7.41. The topological polar surface area (TPSA) is 29.5 Å². The molecule has 0 N–H and O–H groups in total. The molecule has 0 aliphatic carbocycles. The van der Waals surface area contributed by atoms with E-state index in [9.17, 15) is 4.79 Å². The SMILES string of the molecule is CCCN1CCOC(C(=O)Cc2ccc(Cl)c(Cl)c2)C1. The van der Waals surface area contributed by atoms with Crippen molar-refractivity contribution in [2.24, 2.45) is 0 Å². The Morgan fingerprint density at radius 3 is 2.90 bits per heavy atom. The summed E-state index contributed by atoms with van der Waals surface area (Å²) in [5.74, 6) is 0.101. The molecule has 1 aromatic rings. The molecule has 0 amide bonds. The van der Waals surface area contributed by atoms with Gasteiger partial charge in [-0.3, -0.25) is 9.69 Å². The molecular formula is C15H19Cl2NO2. The van der Waals surface area contributed by atoms with Crippen LogP contribution in [-0.2, 0) is 16.0 Å². The van der Waals surface area contributed by atoms with Crippen LogP contribution in [0.5, 0.6) is 0 Å². The molecule has 2 rings (SSSR count). The fourth-order valence-electron chi connectivity index (χ4n) is 2.38. The molecule has 0 bridgehead atoms. The summed E-state index contributed by atoms with van der Waals surface area (Å²) in [5.41, 5.74) is 0.876. The minimum absolute atomic E-state index is 0.101. The molecule has 0 saturated carbocycles. The first kappa shape index (κ1) is 15.8. The summed E-state index contributed by atoms with van der Waals surface area (Å²) in [6.07, 6.45) is 1.10. The second-order valence-electron chi connectivity index (χ2n) is 5.05. The molecular weight excluding hydrogens is 297 g/mol. The third kappa shape index (κ3) is 4.19. The monoisotopic (exact) mass is 315 g/mol. The lowest BCUT2D eigenvalue weighted by Crippen LogP contribution is -2.46. The van der Waals surface area contributed by atoms with Crippen molar-refractivity contribution in [2.75, 3.05) is 26.2 Å². The maximum Gasteiger partial charge on any atom is 0.167 e. The van der Waals surface area contributed by atoms with E-state index in [4.69, 9.17) is 27.9 Å². The van der Waals surface area contributed by atoms with E-state index in [2.05, 4.69) is 11.8 Å². The standard InChI is InChI=1S/C15H19Cl2NO2/c1-2-5-18-6-7-20-15(10-18)14(19)9-11-3-4-12(16)13(17)8-11/h3-4,8,15H,2,5-7,9-10H2,1H3. The van der Waals surface area contributed by atoms with Gasteiger partial charge in [0.2, 0.25) is 0 Å². The molecule has 3 nitrogen and oxygen atoms in total. The van der Waals surface area contributed by atoms with Crippen LogP contribution in [0, 0.1) is 0 Å². The lowest BCUT2D eigenvalue weighted by Gasteiger charge is -2.31. The van der Waals surface area contributed by atoms with Gasteiger partial charge in [-0.2, -0.15) is 0 Å². The summed E-state index contributed by atoms with van der Waals surface area (Å²) >= 11 is 11.8. The number of carbonyl (C=O) groups is 1. The Balaban J connectivity index is 1.95. The molecule has 20 heavy (non-hydrogen) atoms. The van der Waals surface area contributed by atoms with Crippen molar-refractivity contribution in [3.8, 4) is 0 Å². The Morgan fingerprint density at radius 2 is 2.20 bits per heavy atom. The van der Waals surface area contributed by atoms with E-state index in [0.29, 0.717) is 29.6 Å². The molecule has 110 valence electrons. The summed E-state index contributed by atoms with van der Waals surface area (Å²) in [6, 6.07) is 5.30. The summed E-state index contributed by atoms with van der Waals surface area (Å²) in [7, 11) is 0. The Bertz CT molecular complexity index is 477. The molecule has 5 heteroatoms. The number of halogens is 2. The maximum atomic E-state index is 12.3. The average molecular weight is 316 g/mol. The van der Waals surface area contributed by atoms with Crippen LogP contribution in [0.4, 0.5) is 0 Å². The predicted molar refractivity (Wildman–Crippen MR) is 81.6 cm³/mol. The summed E-state index contributed by atoms with van der Waals surface area (Å²) in [6.45, 7) is 5.37. The zero-order valence-corrected chi connectivity index (χ0v) is 13.1. The molecule has 1 fully saturated rings. The highest BCUT2D eigenvalue weighted by molar-refractivity contribution is 6.42. The van der Waals surface area contributed by atoms with Gasteiger partial charge in [0.1, 0.15) is 6.10 Å². The van der Waals surface area contributed by atoms with Crippen LogP contribution in [0.25, 0.3) is 0 Å². The number of hydrogen-bond acceptors (Lipinski definition) is 3. The van der Waals surface area contributed by atoms with Gasteiger partial charge in [-0.15, -0.1) is 0 Å². The van der Waals surface area contributed by atoms with E-state index in [0.717, 1.165) is 25.1 Å². The Hall–Kier alpha value is -0.610. The molecule has 1 atom stereocenters. The van der Waals surface area contributed by atoms with Crippen molar-refractivity contribution in [3.05, 3.63) is 33.8 Å². The smallest absolute Gasteiger partial charge is 0.167 e. The van der Waals surface area contributed by atoms with E-state index >= 15 is 0 Å². The van der Waals surface area contributed by atoms with Crippen LogP contribution in [0.15, 0.2) is 18.2 Å². The van der Waals surface area contributed by atoms with Crippen molar-refractivity contribution < 1.29 is 9.53 Å². The molecule has 1 heterocycles. The van der Waals surface area contributed by atoms with Crippen molar-refractivity contribution >= 4 is 29.0 Å². The lowest BCUT2D eigenvalue weighted by molar-refractivity contribution is -0.135. The van der Waals surface area contributed by atoms with Crippen LogP contribution < -0.4 is 0 Å². The molecule has 1 aromatic carbocycles. The van der Waals surface area contributed by atoms with Gasteiger partial charge in [0.15, 0.2) is 5.78 Å². The highest BCUT2D eigenvalue weighted by Crippen LogP contribution is 2.23. The second-order valence-corrected chi connectivity index (χ2v) is 5.87. The van der Waals surface area contributed by atoms with Crippen LogP contribution in [0.3, 0.4) is 0 Å². The van der Waals surface area contributed by atoms with Gasteiger partial charge in [0, 0.05) is 19.5 Å². The number of rotatable bonds is 5. The quantitative estimate of drug-likeness (QED) is 0.835. The van der Waals surface area contributed by atoms with Crippen LogP contribution >= 0.6 is 23.2 Å². The van der Waals surface area contributed by atoms with E-state index in [-0.39, 0.29) is 11.9 Å². The molecule has 0 radical (unpaired) electrons. The number of carbonyl (C=O) groups excluding carboxylic acids is 1. The molecule has 0 aromatic heterocycles. The van der Waals surface area contributed by atoms with E-state index < -0.39 is 0 Å². The van der Waals surface area contributed by atoms with Gasteiger partial charge >= 0.3 is 0 Å². The van der Waals surface area contributed by atoms with Gasteiger partial charge in [-0.05, 0) is 30.7 Å². The molecule has 0 spiro atoms. The number of nitrogens with zero attached hydrogens (tertiary/aromatic N) is 1. The number of ether oxygens (including phenoxy) is 1. The number of Topliss-reactive ketones (excluding diaryl/α,β-unsaturated/α-hetero) is 1. The number of ketones is 1. The van der Waals surface area contributed by atoms with E-state index in [1.54, 1.807) is 12.1 Å². The summed E-state index contributed by atoms with van der Waals surface area (Å²) in [4.78, 5) is 14.6. The highest BCUT2D eigenvalue weighted by Gasteiger charge is 2.26. The van der Waals surface area contributed by atoms with Gasteiger partial charge < -0.3 is 4.74 Å². The normalized spacial score (nSPS) is 20.1. The first-order valence-electron chi connectivity index (χ1n) is 6.90. The van der Waals surface area contributed by atoms with Crippen molar-refractivity contribution in [2.45, 2.75) is 25.9 Å². The van der Waals surface area contributed by atoms with Crippen LogP contribution in [0.2, 0.25) is 10.0 Å². The Labute approximate surface area is 129 Å². The van der Waals surface area contributed by atoms with Crippen LogP contribution in [0.1, 0.15) is 18.9 Å². The zero-order valence-electron chi connectivity index (χ0n) is 11.6. The number of morpholine rings is 1. The van der Waals surface area contributed by atoms with Crippen molar-refractivity contribution in [3.63, 3.8) is 0 Å². The Morgan fingerprint density at radius 1 is 1.40 bits per heavy atom.